The summed E-state index contributed by atoms with van der Waals surface area (Å²) in [6.07, 6.45) is 45.4. The zero-order chi connectivity index (χ0) is 89.1. The number of carbonyl (C=O) groups excluding carboxylic acids is 10. The number of unbranched alkanes of at least 4 members (excludes halogenated alkanes) is 26. The van der Waals surface area contributed by atoms with Gasteiger partial charge in [0.15, 0.2) is 23.1 Å². The molecule has 0 saturated heterocycles. The molecule has 6 atom stereocenters. The number of fused-ring (bicyclic) bond motifs is 4. The largest absolute Gasteiger partial charge is 0.466 e. The highest BCUT2D eigenvalue weighted by Crippen LogP contribution is 2.30. The minimum Gasteiger partial charge on any atom is -0.466 e. The van der Waals surface area contributed by atoms with Crippen molar-refractivity contribution in [1.29, 1.82) is 0 Å². The van der Waals surface area contributed by atoms with E-state index in [9.17, 15) is 47.9 Å². The van der Waals surface area contributed by atoms with Crippen LogP contribution in [0.25, 0.3) is 0 Å². The molecule has 6 unspecified atom stereocenters. The Morgan fingerprint density at radius 3 is 0.775 bits per heavy atom. The minimum atomic E-state index is -0.225. The van der Waals surface area contributed by atoms with E-state index in [0.717, 1.165) is 116 Å². The van der Waals surface area contributed by atoms with Gasteiger partial charge in [0.2, 0.25) is 11.8 Å². The molecule has 0 radical (unpaired) electrons. The smallest absolute Gasteiger partial charge is 0.305 e. The molecule has 0 saturated carbocycles. The molecule has 120 heavy (non-hydrogen) atoms. The van der Waals surface area contributed by atoms with E-state index in [-0.39, 0.29) is 58.7 Å². The summed E-state index contributed by atoms with van der Waals surface area (Å²) in [5.74, 6) is 2.22. The molecule has 0 heterocycles. The average molecular weight is 1670 g/mol. The molecular weight excluding hydrogens is 1500 g/mol. The fraction of sp³-hybridized carbons (Fsp3) is 0.667. The number of ketones is 4. The lowest BCUT2D eigenvalue weighted by Crippen LogP contribution is -2.29. The molecule has 4 aromatic rings. The van der Waals surface area contributed by atoms with Gasteiger partial charge in [-0.3, -0.25) is 47.9 Å². The summed E-state index contributed by atoms with van der Waals surface area (Å²) >= 11 is 0. The van der Waals surface area contributed by atoms with Gasteiger partial charge in [0.25, 0.3) is 11.8 Å². The topological polar surface area (TPSA) is 289 Å². The zero-order valence-electron chi connectivity index (χ0n) is 77.5. The second-order valence-electron chi connectivity index (χ2n) is 33.8. The summed E-state index contributed by atoms with van der Waals surface area (Å²) in [6, 6.07) is 23.0. The first-order valence-electron chi connectivity index (χ1n) is 47.3. The van der Waals surface area contributed by atoms with E-state index in [1.165, 1.54) is 153 Å². The second kappa shape index (κ2) is 70.8. The number of rotatable bonds is 56. The van der Waals surface area contributed by atoms with Crippen molar-refractivity contribution in [2.24, 2.45) is 47.0 Å². The third kappa shape index (κ3) is 50.0. The van der Waals surface area contributed by atoms with Crippen molar-refractivity contribution >= 4 is 58.7 Å². The Hall–Kier alpha value is -7.70. The van der Waals surface area contributed by atoms with Crippen LogP contribution < -0.4 is 32.7 Å². The maximum Gasteiger partial charge on any atom is 0.305 e. The van der Waals surface area contributed by atoms with Gasteiger partial charge in [-0.25, -0.2) is 0 Å². The van der Waals surface area contributed by atoms with Crippen molar-refractivity contribution in [2.75, 3.05) is 52.5 Å². The fourth-order valence-corrected chi connectivity index (χ4v) is 12.7. The van der Waals surface area contributed by atoms with Gasteiger partial charge in [-0.1, -0.05) is 325 Å². The molecule has 18 heteroatoms. The first kappa shape index (κ1) is 110. The number of hydrogen-bond acceptors (Lipinski definition) is 14. The van der Waals surface area contributed by atoms with Crippen molar-refractivity contribution in [3.05, 3.63) is 141 Å². The first-order valence-corrected chi connectivity index (χ1v) is 47.3. The molecular formula is C102H166N6O12. The summed E-state index contributed by atoms with van der Waals surface area (Å²) in [5, 5.41) is 11.7. The van der Waals surface area contributed by atoms with Crippen LogP contribution in [0.15, 0.2) is 84.9 Å². The van der Waals surface area contributed by atoms with Crippen LogP contribution in [0.2, 0.25) is 0 Å². The molecule has 18 nitrogen and oxygen atoms in total. The van der Waals surface area contributed by atoms with Gasteiger partial charge in [-0.15, -0.1) is 0 Å². The predicted molar refractivity (Wildman–Crippen MR) is 495 cm³/mol. The normalized spacial score (nSPS) is 13.0. The van der Waals surface area contributed by atoms with E-state index in [4.69, 9.17) is 20.9 Å². The molecule has 6 rings (SSSR count). The third-order valence-electron chi connectivity index (χ3n) is 23.0. The number of nitrogens with two attached hydrogens (primary N) is 2. The lowest BCUT2D eigenvalue weighted by molar-refractivity contribution is -0.144. The zero-order valence-corrected chi connectivity index (χ0v) is 77.5. The Balaban J connectivity index is 0.000000766. The molecule has 2 aliphatic carbocycles. The number of amides is 4. The van der Waals surface area contributed by atoms with Crippen LogP contribution in [-0.4, -0.2) is 111 Å². The summed E-state index contributed by atoms with van der Waals surface area (Å²) in [5.41, 5.74) is 14.3. The quantitative estimate of drug-likeness (QED) is 0.0153. The van der Waals surface area contributed by atoms with Crippen LogP contribution in [-0.2, 0) is 28.7 Å². The highest BCUT2D eigenvalue weighted by molar-refractivity contribution is 6.29. The van der Waals surface area contributed by atoms with Crippen LogP contribution in [0.1, 0.15) is 438 Å². The van der Waals surface area contributed by atoms with Crippen molar-refractivity contribution in [2.45, 2.75) is 354 Å². The fourth-order valence-electron chi connectivity index (χ4n) is 12.7. The number of nitrogens with one attached hydrogen (secondary N) is 4. The van der Waals surface area contributed by atoms with E-state index in [2.05, 4.69) is 118 Å². The molecule has 4 amide bonds. The molecule has 2 aliphatic rings. The lowest BCUT2D eigenvalue weighted by atomic mass is 9.83. The summed E-state index contributed by atoms with van der Waals surface area (Å²) < 4.78 is 10.6. The van der Waals surface area contributed by atoms with Crippen LogP contribution in [0.3, 0.4) is 0 Å². The maximum absolute atomic E-state index is 12.7. The van der Waals surface area contributed by atoms with Gasteiger partial charge in [-0.2, -0.15) is 0 Å². The van der Waals surface area contributed by atoms with Crippen molar-refractivity contribution in [1.82, 2.24) is 21.3 Å². The first-order chi connectivity index (χ1) is 57.9. The number of carbonyl (C=O) groups is 10. The summed E-state index contributed by atoms with van der Waals surface area (Å²) in [7, 11) is 0. The van der Waals surface area contributed by atoms with Gasteiger partial charge in [-0.05, 0) is 136 Å². The minimum absolute atomic E-state index is 0.0593. The number of benzene rings is 4. The maximum atomic E-state index is 12.7. The van der Waals surface area contributed by atoms with Crippen LogP contribution >= 0.6 is 0 Å². The molecule has 0 aromatic heterocycles. The Morgan fingerprint density at radius 2 is 0.517 bits per heavy atom. The summed E-state index contributed by atoms with van der Waals surface area (Å²) in [6.45, 7) is 35.3. The van der Waals surface area contributed by atoms with Gasteiger partial charge < -0.3 is 42.2 Å². The Morgan fingerprint density at radius 1 is 0.283 bits per heavy atom. The number of hydrogen-bond donors (Lipinski definition) is 6. The Bertz CT molecular complexity index is 3340. The van der Waals surface area contributed by atoms with Gasteiger partial charge in [0.05, 0.1) is 13.2 Å². The van der Waals surface area contributed by atoms with E-state index < -0.39 is 0 Å². The molecule has 0 fully saturated rings. The van der Waals surface area contributed by atoms with E-state index in [1.54, 1.807) is 72.8 Å². The number of ether oxygens (including phenoxy) is 2. The van der Waals surface area contributed by atoms with Crippen molar-refractivity contribution in [3.63, 3.8) is 0 Å². The van der Waals surface area contributed by atoms with Gasteiger partial charge in [0.1, 0.15) is 0 Å². The second-order valence-corrected chi connectivity index (χ2v) is 33.8. The Labute approximate surface area is 727 Å². The lowest BCUT2D eigenvalue weighted by Gasteiger charge is -2.18. The van der Waals surface area contributed by atoms with Crippen molar-refractivity contribution < 1.29 is 57.4 Å². The molecule has 0 bridgehead atoms. The van der Waals surface area contributed by atoms with E-state index in [1.807, 2.05) is 0 Å². The molecule has 0 aliphatic heterocycles. The van der Waals surface area contributed by atoms with Gasteiger partial charge >= 0.3 is 11.9 Å². The highest BCUT2D eigenvalue weighted by Gasteiger charge is 2.32. The van der Waals surface area contributed by atoms with E-state index >= 15 is 0 Å². The standard InChI is InChI=1S/C29H57NO3.C23H45NO3.2C20H19NO3.2C5H13N/c1-4-6-7-8-9-10-11-12-13-14-15-16-17-18-21-24-29(32)33-25-22-19-20-23-28(31)30-26-27(3)5-2;1-4-6-7-8-9-10-11-12-15-18-23(26)27-19-16-13-14-17-22(25)24-20-21(3)5-2;2*1-3-12(2)11-21-20(24)13-8-9-16-17(10-13)19(23)15-7-5-4-6-14(15)18(16)22;2*1-3-5(2)4-6/h27H,4-26H2,1-3H3,(H,30,31);21H,4-20H2,1-3H3,(H,24,25);2*4-10,12H,3,11H2,1-2H3,(H,21,24);2*5H,3-4,6H2,1-2H3. The van der Waals surface area contributed by atoms with Crippen LogP contribution in [0, 0.1) is 35.5 Å². The van der Waals surface area contributed by atoms with E-state index in [0.29, 0.717) is 143 Å². The predicted octanol–water partition coefficient (Wildman–Crippen LogP) is 23.1. The van der Waals surface area contributed by atoms with Crippen molar-refractivity contribution in [3.8, 4) is 0 Å². The molecule has 676 valence electrons. The molecule has 4 aromatic carbocycles. The van der Waals surface area contributed by atoms with Crippen LogP contribution in [0.4, 0.5) is 0 Å². The summed E-state index contributed by atoms with van der Waals surface area (Å²) in [4.78, 5) is 122. The third-order valence-corrected chi connectivity index (χ3v) is 23.0. The SMILES string of the molecule is CCC(C)CN.CCC(C)CN.CCC(C)CNC(=O)c1ccc2c(c1)C(=O)c1ccccc1C2=O.CCC(C)CNC(=O)c1ccc2c(c1)C(=O)c1ccccc1C2=O.CCCCCCCCCCCC(=O)OCCCCCC(=O)NCC(C)CC.CCCCCCCCCCCCCCCCCC(=O)OCCCCCC(=O)NCC(C)CC. The molecule has 8 N–H and O–H groups in total. The highest BCUT2D eigenvalue weighted by atomic mass is 16.5. The van der Waals surface area contributed by atoms with Gasteiger partial charge in [0, 0.05) is 107 Å². The number of esters is 2. The Kier molecular flexibility index (Phi) is 65.1. The van der Waals surface area contributed by atoms with Crippen LogP contribution in [0.5, 0.6) is 0 Å². The monoisotopic (exact) mass is 1670 g/mol. The average Bonchev–Trinajstić information content (AvgIpc) is 0.766. The molecule has 0 spiro atoms.